The number of aliphatic hydroxyl groups excluding tert-OH is 1. The standard InChI is InChI=1S/C12H12ClNO3/c1-16-7-11-10(6-15)14-12(17-11)8-2-4-9(13)5-3-8/h2-5,15H,6-7H2,1H3. The molecule has 1 heterocycles. The van der Waals surface area contributed by atoms with Gasteiger partial charge in [0, 0.05) is 17.7 Å². The Bertz CT molecular complexity index is 493. The van der Waals surface area contributed by atoms with Crippen molar-refractivity contribution in [2.45, 2.75) is 13.2 Å². The van der Waals surface area contributed by atoms with Crippen LogP contribution in [-0.2, 0) is 18.0 Å². The Morgan fingerprint density at radius 1 is 1.35 bits per heavy atom. The van der Waals surface area contributed by atoms with Crippen molar-refractivity contribution in [1.29, 1.82) is 0 Å². The Morgan fingerprint density at radius 3 is 2.65 bits per heavy atom. The molecule has 0 radical (unpaired) electrons. The zero-order valence-electron chi connectivity index (χ0n) is 9.31. The summed E-state index contributed by atoms with van der Waals surface area (Å²) in [5.74, 6) is 0.998. The monoisotopic (exact) mass is 253 g/mol. The maximum Gasteiger partial charge on any atom is 0.226 e. The number of ether oxygens (including phenoxy) is 1. The quantitative estimate of drug-likeness (QED) is 0.910. The fraction of sp³-hybridized carbons (Fsp3) is 0.250. The van der Waals surface area contributed by atoms with Gasteiger partial charge in [0.15, 0.2) is 5.76 Å². The summed E-state index contributed by atoms with van der Waals surface area (Å²) in [7, 11) is 1.56. The summed E-state index contributed by atoms with van der Waals surface area (Å²) >= 11 is 5.80. The number of aliphatic hydroxyl groups is 1. The van der Waals surface area contributed by atoms with Crippen molar-refractivity contribution in [2.75, 3.05) is 7.11 Å². The highest BCUT2D eigenvalue weighted by molar-refractivity contribution is 6.30. The Balaban J connectivity index is 2.35. The molecule has 1 aromatic carbocycles. The highest BCUT2D eigenvalue weighted by Crippen LogP contribution is 2.24. The fourth-order valence-corrected chi connectivity index (χ4v) is 1.59. The minimum atomic E-state index is -0.171. The Hall–Kier alpha value is -1.36. The van der Waals surface area contributed by atoms with E-state index in [-0.39, 0.29) is 13.2 Å². The van der Waals surface area contributed by atoms with Crippen molar-refractivity contribution in [3.63, 3.8) is 0 Å². The third kappa shape index (κ3) is 2.66. The van der Waals surface area contributed by atoms with Crippen LogP contribution < -0.4 is 0 Å². The second kappa shape index (κ2) is 5.31. The van der Waals surface area contributed by atoms with E-state index >= 15 is 0 Å². The first-order valence-corrected chi connectivity index (χ1v) is 5.46. The van der Waals surface area contributed by atoms with E-state index in [9.17, 15) is 0 Å². The van der Waals surface area contributed by atoms with Crippen molar-refractivity contribution in [3.8, 4) is 11.5 Å². The van der Waals surface area contributed by atoms with Crippen LogP contribution in [0.3, 0.4) is 0 Å². The second-order valence-electron chi connectivity index (χ2n) is 3.49. The van der Waals surface area contributed by atoms with Gasteiger partial charge in [-0.25, -0.2) is 4.98 Å². The van der Waals surface area contributed by atoms with Crippen LogP contribution in [0.15, 0.2) is 28.7 Å². The van der Waals surface area contributed by atoms with Gasteiger partial charge in [0.25, 0.3) is 0 Å². The normalized spacial score (nSPS) is 10.8. The first kappa shape index (κ1) is 12.1. The SMILES string of the molecule is COCc1oc(-c2ccc(Cl)cc2)nc1CO. The summed E-state index contributed by atoms with van der Waals surface area (Å²) in [6, 6.07) is 7.14. The molecular formula is C12H12ClNO3. The van der Waals surface area contributed by atoms with Gasteiger partial charge in [-0.2, -0.15) is 0 Å². The third-order valence-electron chi connectivity index (χ3n) is 2.29. The van der Waals surface area contributed by atoms with E-state index in [0.717, 1.165) is 5.56 Å². The minimum Gasteiger partial charge on any atom is -0.438 e. The summed E-state index contributed by atoms with van der Waals surface area (Å²) in [5.41, 5.74) is 1.31. The van der Waals surface area contributed by atoms with Crippen molar-refractivity contribution in [3.05, 3.63) is 40.7 Å². The number of methoxy groups -OCH3 is 1. The summed E-state index contributed by atoms with van der Waals surface area (Å²) in [6.07, 6.45) is 0. The van der Waals surface area contributed by atoms with Crippen molar-refractivity contribution in [2.24, 2.45) is 0 Å². The molecule has 0 saturated heterocycles. The zero-order valence-corrected chi connectivity index (χ0v) is 10.1. The molecule has 0 spiro atoms. The number of halogens is 1. The van der Waals surface area contributed by atoms with E-state index in [4.69, 9.17) is 25.9 Å². The Kier molecular flexibility index (Phi) is 3.78. The maximum absolute atomic E-state index is 9.15. The van der Waals surface area contributed by atoms with Crippen LogP contribution in [-0.4, -0.2) is 17.2 Å². The topological polar surface area (TPSA) is 55.5 Å². The van der Waals surface area contributed by atoms with Crippen molar-refractivity contribution < 1.29 is 14.3 Å². The molecule has 0 bridgehead atoms. The molecular weight excluding hydrogens is 242 g/mol. The predicted molar refractivity (Wildman–Crippen MR) is 63.6 cm³/mol. The second-order valence-corrected chi connectivity index (χ2v) is 3.92. The van der Waals surface area contributed by atoms with Gasteiger partial charge < -0.3 is 14.3 Å². The molecule has 1 aromatic heterocycles. The van der Waals surface area contributed by atoms with E-state index in [1.165, 1.54) is 0 Å². The summed E-state index contributed by atoms with van der Waals surface area (Å²) in [5, 5.41) is 9.80. The Morgan fingerprint density at radius 2 is 2.06 bits per heavy atom. The highest BCUT2D eigenvalue weighted by atomic mass is 35.5. The first-order chi connectivity index (χ1) is 8.24. The van der Waals surface area contributed by atoms with Gasteiger partial charge in [-0.05, 0) is 24.3 Å². The number of aromatic nitrogens is 1. The molecule has 2 aromatic rings. The number of hydrogen-bond donors (Lipinski definition) is 1. The number of hydrogen-bond acceptors (Lipinski definition) is 4. The number of benzene rings is 1. The molecule has 0 amide bonds. The van der Waals surface area contributed by atoms with Crippen LogP contribution in [0.2, 0.25) is 5.02 Å². The molecule has 0 fully saturated rings. The molecule has 0 aliphatic heterocycles. The van der Waals surface area contributed by atoms with E-state index in [0.29, 0.717) is 22.4 Å². The predicted octanol–water partition coefficient (Wildman–Crippen LogP) is 2.63. The average Bonchev–Trinajstić information content (AvgIpc) is 2.74. The highest BCUT2D eigenvalue weighted by Gasteiger charge is 2.13. The van der Waals surface area contributed by atoms with E-state index in [1.54, 1.807) is 19.2 Å². The molecule has 4 nitrogen and oxygen atoms in total. The lowest BCUT2D eigenvalue weighted by atomic mass is 10.2. The molecule has 17 heavy (non-hydrogen) atoms. The lowest BCUT2D eigenvalue weighted by molar-refractivity contribution is 0.161. The molecule has 0 atom stereocenters. The van der Waals surface area contributed by atoms with E-state index < -0.39 is 0 Å². The van der Waals surface area contributed by atoms with Gasteiger partial charge in [-0.3, -0.25) is 0 Å². The largest absolute Gasteiger partial charge is 0.438 e. The number of oxazole rings is 1. The fourth-order valence-electron chi connectivity index (χ4n) is 1.47. The molecule has 0 unspecified atom stereocenters. The lowest BCUT2D eigenvalue weighted by Crippen LogP contribution is -1.92. The van der Waals surface area contributed by atoms with E-state index in [2.05, 4.69) is 4.98 Å². The van der Waals surface area contributed by atoms with Gasteiger partial charge in [-0.15, -0.1) is 0 Å². The van der Waals surface area contributed by atoms with Crippen LogP contribution in [0.1, 0.15) is 11.5 Å². The van der Waals surface area contributed by atoms with Gasteiger partial charge in [0.1, 0.15) is 12.3 Å². The number of rotatable bonds is 4. The summed E-state index contributed by atoms with van der Waals surface area (Å²) in [4.78, 5) is 4.21. The smallest absolute Gasteiger partial charge is 0.226 e. The van der Waals surface area contributed by atoms with Crippen molar-refractivity contribution >= 4 is 11.6 Å². The molecule has 90 valence electrons. The van der Waals surface area contributed by atoms with Crippen LogP contribution >= 0.6 is 11.6 Å². The molecule has 0 saturated carbocycles. The summed E-state index contributed by atoms with van der Waals surface area (Å²) in [6.45, 7) is 0.117. The maximum atomic E-state index is 9.15. The Labute approximate surface area is 104 Å². The van der Waals surface area contributed by atoms with Gasteiger partial charge in [0.05, 0.1) is 6.61 Å². The molecule has 0 aliphatic carbocycles. The third-order valence-corrected chi connectivity index (χ3v) is 2.55. The van der Waals surface area contributed by atoms with Gasteiger partial charge in [-0.1, -0.05) is 11.6 Å². The molecule has 1 N–H and O–H groups in total. The van der Waals surface area contributed by atoms with Crippen LogP contribution in [0.4, 0.5) is 0 Å². The van der Waals surface area contributed by atoms with Gasteiger partial charge in [0.2, 0.25) is 5.89 Å². The summed E-state index contributed by atoms with van der Waals surface area (Å²) < 4.78 is 10.5. The number of nitrogens with zero attached hydrogens (tertiary/aromatic N) is 1. The van der Waals surface area contributed by atoms with Crippen LogP contribution in [0, 0.1) is 0 Å². The lowest BCUT2D eigenvalue weighted by Gasteiger charge is -1.96. The van der Waals surface area contributed by atoms with Crippen LogP contribution in [0.5, 0.6) is 0 Å². The molecule has 2 rings (SSSR count). The van der Waals surface area contributed by atoms with Gasteiger partial charge >= 0.3 is 0 Å². The molecule has 5 heteroatoms. The zero-order chi connectivity index (χ0) is 12.3. The minimum absolute atomic E-state index is 0.171. The first-order valence-electron chi connectivity index (χ1n) is 5.09. The molecule has 0 aliphatic rings. The van der Waals surface area contributed by atoms with E-state index in [1.807, 2.05) is 12.1 Å². The average molecular weight is 254 g/mol. The van der Waals surface area contributed by atoms with Crippen LogP contribution in [0.25, 0.3) is 11.5 Å². The van der Waals surface area contributed by atoms with Crippen molar-refractivity contribution in [1.82, 2.24) is 4.98 Å².